The fourth-order valence-corrected chi connectivity index (χ4v) is 2.41. The summed E-state index contributed by atoms with van der Waals surface area (Å²) in [7, 11) is 0. The predicted molar refractivity (Wildman–Crippen MR) is 98.6 cm³/mol. The quantitative estimate of drug-likeness (QED) is 0.694. The summed E-state index contributed by atoms with van der Waals surface area (Å²) >= 11 is 3.37. The summed E-state index contributed by atoms with van der Waals surface area (Å²) in [5.74, 6) is 0.825. The van der Waals surface area contributed by atoms with Gasteiger partial charge in [-0.25, -0.2) is 9.97 Å². The van der Waals surface area contributed by atoms with Crippen LogP contribution in [0.5, 0.6) is 0 Å². The Hall–Kier alpha value is -2.73. The van der Waals surface area contributed by atoms with E-state index in [0.29, 0.717) is 23.0 Å². The summed E-state index contributed by atoms with van der Waals surface area (Å²) in [6.45, 7) is 1.76. The molecule has 120 valence electrons. The monoisotopic (exact) mass is 382 g/mol. The van der Waals surface area contributed by atoms with Crippen molar-refractivity contribution in [2.24, 2.45) is 0 Å². The Morgan fingerprint density at radius 2 is 1.67 bits per heavy atom. The van der Waals surface area contributed by atoms with Crippen LogP contribution in [0, 0.1) is 6.92 Å². The molecule has 0 atom stereocenters. The molecule has 0 fully saturated rings. The fraction of sp³-hybridized carbons (Fsp3) is 0.0556. The smallest absolute Gasteiger partial charge is 0.274 e. The number of halogens is 1. The molecule has 0 aliphatic rings. The second-order valence-corrected chi connectivity index (χ2v) is 6.05. The van der Waals surface area contributed by atoms with Crippen molar-refractivity contribution in [1.29, 1.82) is 0 Å². The van der Waals surface area contributed by atoms with E-state index < -0.39 is 0 Å². The van der Waals surface area contributed by atoms with Gasteiger partial charge in [-0.2, -0.15) is 0 Å². The van der Waals surface area contributed by atoms with Gasteiger partial charge in [0, 0.05) is 21.9 Å². The molecular weight excluding hydrogens is 368 g/mol. The Bertz CT molecular complexity index is 851. The zero-order chi connectivity index (χ0) is 16.9. The number of carbonyl (C=O) groups is 1. The number of benzene rings is 2. The standard InChI is InChI=1S/C18H15BrN4O/c1-12-20-16(18(24)23-15-9-7-13(19)8-10-15)11-17(21-12)22-14-5-3-2-4-6-14/h2-11H,1H3,(H,23,24)(H,20,21,22). The third kappa shape index (κ3) is 4.17. The summed E-state index contributed by atoms with van der Waals surface area (Å²) in [6.07, 6.45) is 0. The van der Waals surface area contributed by atoms with E-state index in [1.165, 1.54) is 0 Å². The molecule has 0 aliphatic carbocycles. The Labute approximate surface area is 148 Å². The minimum absolute atomic E-state index is 0.279. The van der Waals surface area contributed by atoms with Crippen LogP contribution in [-0.2, 0) is 0 Å². The SMILES string of the molecule is Cc1nc(Nc2ccccc2)cc(C(=O)Nc2ccc(Br)cc2)n1. The zero-order valence-corrected chi connectivity index (χ0v) is 14.5. The van der Waals surface area contributed by atoms with Crippen LogP contribution in [0.3, 0.4) is 0 Å². The third-order valence-corrected chi connectivity index (χ3v) is 3.75. The van der Waals surface area contributed by atoms with E-state index in [1.807, 2.05) is 54.6 Å². The molecule has 2 aromatic carbocycles. The van der Waals surface area contributed by atoms with Crippen molar-refractivity contribution in [1.82, 2.24) is 9.97 Å². The highest BCUT2D eigenvalue weighted by Gasteiger charge is 2.11. The van der Waals surface area contributed by atoms with E-state index in [0.717, 1.165) is 10.2 Å². The molecule has 1 amide bonds. The van der Waals surface area contributed by atoms with Crippen LogP contribution in [0.1, 0.15) is 16.3 Å². The Morgan fingerprint density at radius 3 is 2.38 bits per heavy atom. The first kappa shape index (κ1) is 16.1. The van der Waals surface area contributed by atoms with E-state index in [9.17, 15) is 4.79 Å². The second-order valence-electron chi connectivity index (χ2n) is 5.14. The van der Waals surface area contributed by atoms with Crippen molar-refractivity contribution in [2.45, 2.75) is 6.92 Å². The maximum atomic E-state index is 12.4. The van der Waals surface area contributed by atoms with Crippen LogP contribution in [0.15, 0.2) is 65.1 Å². The maximum Gasteiger partial charge on any atom is 0.274 e. The molecule has 6 heteroatoms. The number of para-hydroxylation sites is 1. The van der Waals surface area contributed by atoms with Crippen molar-refractivity contribution in [3.8, 4) is 0 Å². The van der Waals surface area contributed by atoms with E-state index in [1.54, 1.807) is 13.0 Å². The molecule has 0 bridgehead atoms. The van der Waals surface area contributed by atoms with Crippen LogP contribution in [0.25, 0.3) is 0 Å². The van der Waals surface area contributed by atoms with Crippen LogP contribution in [0.2, 0.25) is 0 Å². The first-order valence-electron chi connectivity index (χ1n) is 7.35. The number of hydrogen-bond acceptors (Lipinski definition) is 4. The fourth-order valence-electron chi connectivity index (χ4n) is 2.15. The summed E-state index contributed by atoms with van der Waals surface area (Å²) in [5, 5.41) is 6.00. The first-order valence-corrected chi connectivity index (χ1v) is 8.14. The largest absolute Gasteiger partial charge is 0.340 e. The predicted octanol–water partition coefficient (Wildman–Crippen LogP) is 4.54. The van der Waals surface area contributed by atoms with Gasteiger partial charge in [-0.3, -0.25) is 4.79 Å². The Kier molecular flexibility index (Phi) is 4.86. The second kappa shape index (κ2) is 7.23. The van der Waals surface area contributed by atoms with Gasteiger partial charge in [0.15, 0.2) is 0 Å². The van der Waals surface area contributed by atoms with E-state index in [4.69, 9.17) is 0 Å². The lowest BCUT2D eigenvalue weighted by Gasteiger charge is -2.09. The van der Waals surface area contributed by atoms with Gasteiger partial charge < -0.3 is 10.6 Å². The van der Waals surface area contributed by atoms with Crippen LogP contribution in [0.4, 0.5) is 17.2 Å². The van der Waals surface area contributed by atoms with Gasteiger partial charge in [-0.15, -0.1) is 0 Å². The zero-order valence-electron chi connectivity index (χ0n) is 13.0. The third-order valence-electron chi connectivity index (χ3n) is 3.22. The lowest BCUT2D eigenvalue weighted by atomic mass is 10.3. The topological polar surface area (TPSA) is 66.9 Å². The lowest BCUT2D eigenvalue weighted by molar-refractivity contribution is 0.102. The number of hydrogen-bond donors (Lipinski definition) is 2. The highest BCUT2D eigenvalue weighted by atomic mass is 79.9. The number of nitrogens with one attached hydrogen (secondary N) is 2. The van der Waals surface area contributed by atoms with Gasteiger partial charge in [0.1, 0.15) is 17.3 Å². The van der Waals surface area contributed by atoms with Crippen LogP contribution in [-0.4, -0.2) is 15.9 Å². The highest BCUT2D eigenvalue weighted by Crippen LogP contribution is 2.17. The minimum atomic E-state index is -0.279. The molecule has 3 rings (SSSR count). The van der Waals surface area contributed by atoms with Crippen LogP contribution < -0.4 is 10.6 Å². The molecular formula is C18H15BrN4O. The summed E-state index contributed by atoms with van der Waals surface area (Å²) in [5.41, 5.74) is 1.91. The van der Waals surface area contributed by atoms with Crippen molar-refractivity contribution in [3.05, 3.63) is 76.7 Å². The molecule has 0 saturated carbocycles. The Morgan fingerprint density at radius 1 is 0.958 bits per heavy atom. The van der Waals surface area contributed by atoms with Gasteiger partial charge in [0.25, 0.3) is 5.91 Å². The number of amides is 1. The number of anilines is 3. The molecule has 0 aliphatic heterocycles. The Balaban J connectivity index is 1.80. The molecule has 1 aromatic heterocycles. The van der Waals surface area contributed by atoms with Crippen molar-refractivity contribution in [2.75, 3.05) is 10.6 Å². The van der Waals surface area contributed by atoms with Gasteiger partial charge in [0.2, 0.25) is 0 Å². The van der Waals surface area contributed by atoms with Crippen molar-refractivity contribution in [3.63, 3.8) is 0 Å². The van der Waals surface area contributed by atoms with E-state index in [-0.39, 0.29) is 5.91 Å². The van der Waals surface area contributed by atoms with E-state index >= 15 is 0 Å². The number of aryl methyl sites for hydroxylation is 1. The number of aromatic nitrogens is 2. The van der Waals surface area contributed by atoms with Gasteiger partial charge >= 0.3 is 0 Å². The number of rotatable bonds is 4. The molecule has 2 N–H and O–H groups in total. The summed E-state index contributed by atoms with van der Waals surface area (Å²) in [6, 6.07) is 18.7. The molecule has 0 unspecified atom stereocenters. The number of carbonyl (C=O) groups excluding carboxylic acids is 1. The van der Waals surface area contributed by atoms with Crippen molar-refractivity contribution >= 4 is 39.0 Å². The molecule has 0 saturated heterocycles. The van der Waals surface area contributed by atoms with E-state index in [2.05, 4.69) is 36.5 Å². The maximum absolute atomic E-state index is 12.4. The van der Waals surface area contributed by atoms with Crippen LogP contribution >= 0.6 is 15.9 Å². The average molecular weight is 383 g/mol. The first-order chi connectivity index (χ1) is 11.6. The summed E-state index contributed by atoms with van der Waals surface area (Å²) < 4.78 is 0.952. The van der Waals surface area contributed by atoms with Gasteiger partial charge in [-0.05, 0) is 43.3 Å². The lowest BCUT2D eigenvalue weighted by Crippen LogP contribution is -2.15. The number of nitrogens with zero attached hydrogens (tertiary/aromatic N) is 2. The molecule has 0 spiro atoms. The molecule has 5 nitrogen and oxygen atoms in total. The van der Waals surface area contributed by atoms with Gasteiger partial charge in [0.05, 0.1) is 0 Å². The normalized spacial score (nSPS) is 10.2. The van der Waals surface area contributed by atoms with Gasteiger partial charge in [-0.1, -0.05) is 34.1 Å². The highest BCUT2D eigenvalue weighted by molar-refractivity contribution is 9.10. The molecule has 24 heavy (non-hydrogen) atoms. The summed E-state index contributed by atoms with van der Waals surface area (Å²) in [4.78, 5) is 21.0. The molecule has 1 heterocycles. The average Bonchev–Trinajstić information content (AvgIpc) is 2.57. The minimum Gasteiger partial charge on any atom is -0.340 e. The van der Waals surface area contributed by atoms with Crippen molar-refractivity contribution < 1.29 is 4.79 Å². The molecule has 0 radical (unpaired) electrons. The molecule has 3 aromatic rings.